The van der Waals surface area contributed by atoms with E-state index in [0.717, 1.165) is 35.1 Å². The molecule has 1 saturated carbocycles. The van der Waals surface area contributed by atoms with Crippen LogP contribution in [0.5, 0.6) is 0 Å². The van der Waals surface area contributed by atoms with Crippen LogP contribution in [0.1, 0.15) is 54.6 Å². The van der Waals surface area contributed by atoms with Crippen molar-refractivity contribution in [1.82, 2.24) is 4.57 Å². The third-order valence-electron chi connectivity index (χ3n) is 7.57. The molecule has 1 N–H and O–H groups in total. The van der Waals surface area contributed by atoms with Crippen molar-refractivity contribution in [2.45, 2.75) is 44.8 Å². The number of ether oxygens (including phenoxy) is 2. The maximum Gasteiger partial charge on any atom is 0.341 e. The second kappa shape index (κ2) is 9.30. The topological polar surface area (TPSA) is 77.8 Å². The molecule has 0 saturated heterocycles. The van der Waals surface area contributed by atoms with Gasteiger partial charge in [-0.05, 0) is 53.1 Å². The van der Waals surface area contributed by atoms with Gasteiger partial charge in [0.05, 0.1) is 11.8 Å². The molecule has 1 unspecified atom stereocenters. The molecule has 36 heavy (non-hydrogen) atoms. The number of pyridine rings is 1. The molecule has 7 heteroatoms. The van der Waals surface area contributed by atoms with Gasteiger partial charge >= 0.3 is 5.97 Å². The Balaban J connectivity index is 1.68. The molecule has 0 spiro atoms. The number of rotatable bonds is 7. The maximum atomic E-state index is 13.5. The molecule has 0 bridgehead atoms. The van der Waals surface area contributed by atoms with E-state index in [0.29, 0.717) is 18.9 Å². The summed E-state index contributed by atoms with van der Waals surface area (Å²) in [7, 11) is 1.67. The quantitative estimate of drug-likeness (QED) is 0.441. The molecule has 0 radical (unpaired) electrons. The van der Waals surface area contributed by atoms with Gasteiger partial charge in [0.1, 0.15) is 11.4 Å². The van der Waals surface area contributed by atoms with E-state index in [1.54, 1.807) is 19.2 Å². The summed E-state index contributed by atoms with van der Waals surface area (Å²) in [5, 5.41) is 9.69. The zero-order chi connectivity index (χ0) is 25.6. The molecule has 5 rings (SSSR count). The van der Waals surface area contributed by atoms with Crippen LogP contribution in [-0.4, -0.2) is 42.1 Å². The van der Waals surface area contributed by atoms with Crippen molar-refractivity contribution in [2.24, 2.45) is 5.41 Å². The highest BCUT2D eigenvalue weighted by molar-refractivity contribution is 5.88. The maximum absolute atomic E-state index is 13.5. The third-order valence-corrected chi connectivity index (χ3v) is 7.57. The normalized spacial score (nSPS) is 21.5. The molecule has 1 aromatic heterocycles. The number of aromatic nitrogens is 1. The molecule has 3 atom stereocenters. The SMILES string of the molecule is COCCCOC1CC(C)(C)[C@@H]2[C@H]1c1ccc(-c3ccc(F)cc3)cc1-c1cc(=O)c(C(=O)O)cn12. The minimum absolute atomic E-state index is 0.0172. The van der Waals surface area contributed by atoms with Crippen molar-refractivity contribution in [1.29, 1.82) is 0 Å². The zero-order valence-corrected chi connectivity index (χ0v) is 20.7. The third kappa shape index (κ3) is 4.16. The van der Waals surface area contributed by atoms with Crippen LogP contribution in [0.2, 0.25) is 0 Å². The number of nitrogens with zero attached hydrogens (tertiary/aromatic N) is 1. The first-order valence-corrected chi connectivity index (χ1v) is 12.2. The zero-order valence-electron chi connectivity index (χ0n) is 20.7. The van der Waals surface area contributed by atoms with Gasteiger partial charge in [0.15, 0.2) is 5.43 Å². The van der Waals surface area contributed by atoms with Crippen molar-refractivity contribution in [3.05, 3.63) is 81.9 Å². The minimum atomic E-state index is -1.24. The summed E-state index contributed by atoms with van der Waals surface area (Å²) < 4.78 is 27.1. The molecule has 0 amide bonds. The molecular weight excluding hydrogens is 461 g/mol. The summed E-state index contributed by atoms with van der Waals surface area (Å²) >= 11 is 0. The largest absolute Gasteiger partial charge is 0.477 e. The lowest BCUT2D eigenvalue weighted by Gasteiger charge is -2.40. The van der Waals surface area contributed by atoms with E-state index in [9.17, 15) is 19.1 Å². The Kier molecular flexibility index (Phi) is 6.30. The van der Waals surface area contributed by atoms with Crippen molar-refractivity contribution in [3.8, 4) is 22.4 Å². The Morgan fingerprint density at radius 3 is 2.53 bits per heavy atom. The average Bonchev–Trinajstić information content (AvgIpc) is 3.12. The van der Waals surface area contributed by atoms with Crippen LogP contribution >= 0.6 is 0 Å². The van der Waals surface area contributed by atoms with Gasteiger partial charge < -0.3 is 19.1 Å². The first-order valence-electron chi connectivity index (χ1n) is 12.2. The molecular formula is C29H30FNO5. The van der Waals surface area contributed by atoms with E-state index >= 15 is 0 Å². The molecule has 1 aliphatic carbocycles. The smallest absolute Gasteiger partial charge is 0.341 e. The van der Waals surface area contributed by atoms with E-state index in [4.69, 9.17) is 9.47 Å². The Hall–Kier alpha value is -3.29. The van der Waals surface area contributed by atoms with Gasteiger partial charge in [-0.3, -0.25) is 4.79 Å². The standard InChI is InChI=1S/C29H30FNO5/c1-29(2)15-25(36-12-4-11-35-3)26-20-10-7-18(17-5-8-19(30)9-6-17)13-21(20)23-14-24(32)22(28(33)34)16-31(23)27(26)29/h5-10,13-14,16,25-27H,4,11-12,15H2,1-3H3,(H,33,34)/t25?,26-,27-/m0/s1. The van der Waals surface area contributed by atoms with E-state index in [1.807, 2.05) is 16.7 Å². The number of halogens is 1. The van der Waals surface area contributed by atoms with Gasteiger partial charge in [-0.1, -0.05) is 38.1 Å². The van der Waals surface area contributed by atoms with Crippen LogP contribution in [0, 0.1) is 11.2 Å². The van der Waals surface area contributed by atoms with Crippen molar-refractivity contribution in [2.75, 3.05) is 20.3 Å². The number of fused-ring (bicyclic) bond motifs is 6. The number of hydrogen-bond acceptors (Lipinski definition) is 4. The Bertz CT molecular complexity index is 1360. The van der Waals surface area contributed by atoms with Crippen LogP contribution in [0.15, 0.2) is 59.5 Å². The lowest BCUT2D eigenvalue weighted by molar-refractivity contribution is 0.0280. The fraction of sp³-hybridized carbons (Fsp3) is 0.379. The summed E-state index contributed by atoms with van der Waals surface area (Å²) in [5.74, 6) is -1.56. The fourth-order valence-electron chi connectivity index (χ4n) is 6.02. The Morgan fingerprint density at radius 1 is 1.11 bits per heavy atom. The second-order valence-electron chi connectivity index (χ2n) is 10.4. The minimum Gasteiger partial charge on any atom is -0.477 e. The predicted octanol–water partition coefficient (Wildman–Crippen LogP) is 5.51. The molecule has 2 aromatic carbocycles. The monoisotopic (exact) mass is 491 g/mol. The highest BCUT2D eigenvalue weighted by Gasteiger charge is 2.53. The van der Waals surface area contributed by atoms with E-state index < -0.39 is 11.4 Å². The number of aromatic carboxylic acids is 1. The number of carboxylic acid groups (broad SMARTS) is 1. The van der Waals surface area contributed by atoms with E-state index in [1.165, 1.54) is 24.4 Å². The second-order valence-corrected chi connectivity index (χ2v) is 10.4. The van der Waals surface area contributed by atoms with Crippen molar-refractivity contribution < 1.29 is 23.8 Å². The lowest BCUT2D eigenvalue weighted by Crippen LogP contribution is -2.33. The average molecular weight is 492 g/mol. The summed E-state index contributed by atoms with van der Waals surface area (Å²) in [6.45, 7) is 5.53. The van der Waals surface area contributed by atoms with Gasteiger partial charge in [0.25, 0.3) is 0 Å². The van der Waals surface area contributed by atoms with Crippen LogP contribution < -0.4 is 5.43 Å². The van der Waals surface area contributed by atoms with Crippen LogP contribution in [0.3, 0.4) is 0 Å². The molecule has 3 aromatic rings. The van der Waals surface area contributed by atoms with Crippen molar-refractivity contribution in [3.63, 3.8) is 0 Å². The number of carbonyl (C=O) groups is 1. The number of carboxylic acids is 1. The molecule has 6 nitrogen and oxygen atoms in total. The van der Waals surface area contributed by atoms with E-state index in [-0.39, 0.29) is 34.9 Å². The molecule has 2 heterocycles. The van der Waals surface area contributed by atoms with Crippen LogP contribution in [0.25, 0.3) is 22.4 Å². The molecule has 1 fully saturated rings. The Morgan fingerprint density at radius 2 is 1.83 bits per heavy atom. The summed E-state index contributed by atoms with van der Waals surface area (Å²) in [4.78, 5) is 24.6. The van der Waals surface area contributed by atoms with E-state index in [2.05, 4.69) is 19.9 Å². The van der Waals surface area contributed by atoms with Gasteiger partial charge in [0, 0.05) is 50.1 Å². The molecule has 1 aliphatic heterocycles. The molecule has 2 aliphatic rings. The summed E-state index contributed by atoms with van der Waals surface area (Å²) in [6.07, 6.45) is 3.01. The van der Waals surface area contributed by atoms with Crippen molar-refractivity contribution >= 4 is 5.97 Å². The fourth-order valence-corrected chi connectivity index (χ4v) is 6.02. The summed E-state index contributed by atoms with van der Waals surface area (Å²) in [5.41, 5.74) is 3.43. The van der Waals surface area contributed by atoms with Gasteiger partial charge in [0.2, 0.25) is 0 Å². The number of hydrogen-bond donors (Lipinski definition) is 1. The first kappa shape index (κ1) is 24.4. The highest BCUT2D eigenvalue weighted by atomic mass is 19.1. The van der Waals surface area contributed by atoms with Gasteiger partial charge in [-0.15, -0.1) is 0 Å². The van der Waals surface area contributed by atoms with Crippen LogP contribution in [-0.2, 0) is 9.47 Å². The summed E-state index contributed by atoms with van der Waals surface area (Å²) in [6, 6.07) is 13.8. The number of methoxy groups -OCH3 is 1. The molecule has 188 valence electrons. The predicted molar refractivity (Wildman–Crippen MR) is 135 cm³/mol. The Labute approximate surface area is 209 Å². The highest BCUT2D eigenvalue weighted by Crippen LogP contribution is 2.59. The van der Waals surface area contributed by atoms with Crippen LogP contribution in [0.4, 0.5) is 4.39 Å². The lowest BCUT2D eigenvalue weighted by atomic mass is 9.77. The van der Waals surface area contributed by atoms with Gasteiger partial charge in [-0.2, -0.15) is 0 Å². The first-order chi connectivity index (χ1) is 17.2. The van der Waals surface area contributed by atoms with Gasteiger partial charge in [-0.25, -0.2) is 9.18 Å². The number of benzene rings is 2.